The molecule has 4 heteroatoms. The molecule has 90 valence electrons. The number of aliphatic hydroxyl groups excluding tert-OH is 1. The van der Waals surface area contributed by atoms with Crippen molar-refractivity contribution in [2.45, 2.75) is 24.8 Å². The summed E-state index contributed by atoms with van der Waals surface area (Å²) < 4.78 is 10.5. The number of hydrogen-bond donors (Lipinski definition) is 1. The molecule has 0 saturated carbocycles. The fourth-order valence-corrected chi connectivity index (χ4v) is 1.95. The second kappa shape index (κ2) is 5.55. The van der Waals surface area contributed by atoms with Crippen LogP contribution in [0, 0.1) is 6.92 Å². The van der Waals surface area contributed by atoms with Crippen LogP contribution in [0.1, 0.15) is 24.2 Å². The Morgan fingerprint density at radius 3 is 2.31 bits per heavy atom. The number of ether oxygens (including phenoxy) is 2. The first kappa shape index (κ1) is 13.3. The smallest absolute Gasteiger partial charge is 0.131 e. The lowest BCUT2D eigenvalue weighted by Gasteiger charge is -2.19. The largest absolute Gasteiger partial charge is 0.496 e. The van der Waals surface area contributed by atoms with E-state index in [2.05, 4.69) is 15.9 Å². The molecule has 0 aromatic heterocycles. The Kier molecular flexibility index (Phi) is 4.62. The average molecular weight is 289 g/mol. The van der Waals surface area contributed by atoms with Gasteiger partial charge >= 0.3 is 0 Å². The van der Waals surface area contributed by atoms with Gasteiger partial charge in [-0.2, -0.15) is 0 Å². The normalized spacial score (nSPS) is 14.4. The molecule has 0 amide bonds. The molecule has 1 N–H and O–H groups in total. The number of aliphatic hydroxyl groups is 1. The number of rotatable bonds is 4. The standard InChI is InChI=1S/C12H17BrO3/c1-7-10(15-3)6-5-9(12(7)16-4)11(14)8(2)13/h5-6,8,11,14H,1-4H3. The Balaban J connectivity index is 3.25. The summed E-state index contributed by atoms with van der Waals surface area (Å²) in [6.07, 6.45) is -0.598. The van der Waals surface area contributed by atoms with Crippen LogP contribution in [0.3, 0.4) is 0 Å². The predicted molar refractivity (Wildman–Crippen MR) is 67.6 cm³/mol. The summed E-state index contributed by atoms with van der Waals surface area (Å²) >= 11 is 3.36. The molecule has 0 aliphatic rings. The van der Waals surface area contributed by atoms with E-state index in [1.54, 1.807) is 14.2 Å². The number of alkyl halides is 1. The first-order chi connectivity index (χ1) is 7.52. The third kappa shape index (κ3) is 2.50. The Morgan fingerprint density at radius 1 is 1.25 bits per heavy atom. The molecule has 0 aliphatic heterocycles. The van der Waals surface area contributed by atoms with Crippen molar-refractivity contribution in [2.75, 3.05) is 14.2 Å². The van der Waals surface area contributed by atoms with Crippen LogP contribution in [0.5, 0.6) is 11.5 Å². The monoisotopic (exact) mass is 288 g/mol. The molecule has 0 saturated heterocycles. The molecular weight excluding hydrogens is 272 g/mol. The number of methoxy groups -OCH3 is 2. The molecule has 0 heterocycles. The highest BCUT2D eigenvalue weighted by Gasteiger charge is 2.20. The Bertz CT molecular complexity index is 364. The highest BCUT2D eigenvalue weighted by molar-refractivity contribution is 9.09. The van der Waals surface area contributed by atoms with Gasteiger partial charge in [0.1, 0.15) is 11.5 Å². The molecule has 1 aromatic rings. The fraction of sp³-hybridized carbons (Fsp3) is 0.500. The highest BCUT2D eigenvalue weighted by Crippen LogP contribution is 2.36. The maximum Gasteiger partial charge on any atom is 0.131 e. The highest BCUT2D eigenvalue weighted by atomic mass is 79.9. The van der Waals surface area contributed by atoms with E-state index in [1.165, 1.54) is 0 Å². The maximum atomic E-state index is 10.0. The molecule has 3 nitrogen and oxygen atoms in total. The van der Waals surface area contributed by atoms with E-state index >= 15 is 0 Å². The molecule has 2 unspecified atom stereocenters. The van der Waals surface area contributed by atoms with Gasteiger partial charge in [-0.05, 0) is 26.0 Å². The Hall–Kier alpha value is -0.740. The zero-order valence-electron chi connectivity index (χ0n) is 9.95. The summed E-state index contributed by atoms with van der Waals surface area (Å²) in [5, 5.41) is 10.0. The minimum Gasteiger partial charge on any atom is -0.496 e. The SMILES string of the molecule is COc1ccc(C(O)C(C)Br)c(OC)c1C. The van der Waals surface area contributed by atoms with Gasteiger partial charge < -0.3 is 14.6 Å². The maximum absolute atomic E-state index is 10.0. The van der Waals surface area contributed by atoms with Crippen LogP contribution < -0.4 is 9.47 Å². The first-order valence-electron chi connectivity index (χ1n) is 5.06. The van der Waals surface area contributed by atoms with Crippen molar-refractivity contribution in [3.8, 4) is 11.5 Å². The van der Waals surface area contributed by atoms with Gasteiger partial charge in [-0.1, -0.05) is 15.9 Å². The van der Waals surface area contributed by atoms with Crippen LogP contribution in [0.25, 0.3) is 0 Å². The van der Waals surface area contributed by atoms with Crippen molar-refractivity contribution in [1.29, 1.82) is 0 Å². The lowest BCUT2D eigenvalue weighted by Crippen LogP contribution is -2.10. The molecule has 0 radical (unpaired) electrons. The van der Waals surface area contributed by atoms with Crippen LogP contribution in [0.2, 0.25) is 0 Å². The summed E-state index contributed by atoms with van der Waals surface area (Å²) in [7, 11) is 3.21. The quantitative estimate of drug-likeness (QED) is 0.866. The molecule has 0 fully saturated rings. The lowest BCUT2D eigenvalue weighted by molar-refractivity contribution is 0.176. The number of halogens is 1. The topological polar surface area (TPSA) is 38.7 Å². The third-order valence-electron chi connectivity index (χ3n) is 2.56. The van der Waals surface area contributed by atoms with Crippen molar-refractivity contribution in [1.82, 2.24) is 0 Å². The van der Waals surface area contributed by atoms with Crippen molar-refractivity contribution in [3.63, 3.8) is 0 Å². The number of hydrogen-bond acceptors (Lipinski definition) is 3. The van der Waals surface area contributed by atoms with Crippen LogP contribution in [-0.4, -0.2) is 24.2 Å². The van der Waals surface area contributed by atoms with E-state index in [0.717, 1.165) is 16.9 Å². The van der Waals surface area contributed by atoms with Gasteiger partial charge in [0.2, 0.25) is 0 Å². The molecule has 2 atom stereocenters. The van der Waals surface area contributed by atoms with Gasteiger partial charge in [-0.3, -0.25) is 0 Å². The van der Waals surface area contributed by atoms with Gasteiger partial charge in [0, 0.05) is 16.0 Å². The lowest BCUT2D eigenvalue weighted by atomic mass is 10.0. The van der Waals surface area contributed by atoms with Gasteiger partial charge in [-0.15, -0.1) is 0 Å². The van der Waals surface area contributed by atoms with E-state index in [9.17, 15) is 5.11 Å². The Morgan fingerprint density at radius 2 is 1.88 bits per heavy atom. The second-order valence-electron chi connectivity index (χ2n) is 3.64. The van der Waals surface area contributed by atoms with Gasteiger partial charge in [-0.25, -0.2) is 0 Å². The number of benzene rings is 1. The van der Waals surface area contributed by atoms with Crippen molar-refractivity contribution >= 4 is 15.9 Å². The zero-order chi connectivity index (χ0) is 12.3. The van der Waals surface area contributed by atoms with E-state index in [1.807, 2.05) is 26.0 Å². The van der Waals surface area contributed by atoms with E-state index in [0.29, 0.717) is 5.75 Å². The van der Waals surface area contributed by atoms with Gasteiger partial charge in [0.05, 0.1) is 20.3 Å². The molecule has 1 aromatic carbocycles. The van der Waals surface area contributed by atoms with Crippen LogP contribution in [-0.2, 0) is 0 Å². The first-order valence-corrected chi connectivity index (χ1v) is 5.98. The fourth-order valence-electron chi connectivity index (χ4n) is 1.67. The van der Waals surface area contributed by atoms with E-state index < -0.39 is 6.10 Å². The van der Waals surface area contributed by atoms with Crippen LogP contribution in [0.4, 0.5) is 0 Å². The zero-order valence-corrected chi connectivity index (χ0v) is 11.5. The van der Waals surface area contributed by atoms with Crippen molar-refractivity contribution in [2.24, 2.45) is 0 Å². The summed E-state index contributed by atoms with van der Waals surface area (Å²) in [6.45, 7) is 3.80. The summed E-state index contributed by atoms with van der Waals surface area (Å²) in [6, 6.07) is 3.67. The molecule has 16 heavy (non-hydrogen) atoms. The summed E-state index contributed by atoms with van der Waals surface area (Å²) in [5.74, 6) is 1.44. The summed E-state index contributed by atoms with van der Waals surface area (Å²) in [4.78, 5) is -0.0332. The van der Waals surface area contributed by atoms with Gasteiger partial charge in [0.15, 0.2) is 0 Å². The predicted octanol–water partition coefficient (Wildman–Crippen LogP) is 2.83. The van der Waals surface area contributed by atoms with Crippen molar-refractivity contribution < 1.29 is 14.6 Å². The van der Waals surface area contributed by atoms with Gasteiger partial charge in [0.25, 0.3) is 0 Å². The van der Waals surface area contributed by atoms with Crippen LogP contribution >= 0.6 is 15.9 Å². The minimum absolute atomic E-state index is 0.0332. The van der Waals surface area contributed by atoms with Crippen molar-refractivity contribution in [3.05, 3.63) is 23.3 Å². The molecular formula is C12H17BrO3. The third-order valence-corrected chi connectivity index (χ3v) is 3.07. The van der Waals surface area contributed by atoms with E-state index in [-0.39, 0.29) is 4.83 Å². The second-order valence-corrected chi connectivity index (χ2v) is 5.08. The minimum atomic E-state index is -0.598. The molecule has 1 rings (SSSR count). The van der Waals surface area contributed by atoms with E-state index in [4.69, 9.17) is 9.47 Å². The molecule has 0 spiro atoms. The van der Waals surface area contributed by atoms with Crippen LogP contribution in [0.15, 0.2) is 12.1 Å². The Labute approximate surface area is 105 Å². The average Bonchev–Trinajstić information content (AvgIpc) is 2.27. The molecule has 0 aliphatic carbocycles. The summed E-state index contributed by atoms with van der Waals surface area (Å²) in [5.41, 5.74) is 1.67. The molecule has 0 bridgehead atoms.